The highest BCUT2D eigenvalue weighted by Gasteiger charge is 2.15. The maximum Gasteiger partial charge on any atom is 0.225 e. The van der Waals surface area contributed by atoms with Crippen molar-refractivity contribution < 1.29 is 4.74 Å². The van der Waals surface area contributed by atoms with Crippen molar-refractivity contribution in [1.82, 2.24) is 9.97 Å². The van der Waals surface area contributed by atoms with E-state index in [1.54, 1.807) is 7.11 Å². The number of ether oxygens (including phenoxy) is 1. The van der Waals surface area contributed by atoms with Crippen LogP contribution in [0.1, 0.15) is 17.7 Å². The third-order valence-corrected chi connectivity index (χ3v) is 3.20. The van der Waals surface area contributed by atoms with E-state index in [9.17, 15) is 0 Å². The molecule has 0 radical (unpaired) electrons. The van der Waals surface area contributed by atoms with Gasteiger partial charge < -0.3 is 15.4 Å². The van der Waals surface area contributed by atoms with Crippen LogP contribution >= 0.6 is 0 Å². The quantitative estimate of drug-likeness (QED) is 0.806. The second-order valence-electron chi connectivity index (χ2n) is 4.48. The molecule has 0 amide bonds. The number of anilines is 1. The van der Waals surface area contributed by atoms with Crippen molar-refractivity contribution in [1.29, 1.82) is 0 Å². The van der Waals surface area contributed by atoms with Gasteiger partial charge in [0.05, 0.1) is 6.61 Å². The summed E-state index contributed by atoms with van der Waals surface area (Å²) in [6.45, 7) is 4.98. The van der Waals surface area contributed by atoms with Crippen LogP contribution in [-0.2, 0) is 11.3 Å². The Morgan fingerprint density at radius 1 is 1.50 bits per heavy atom. The molecule has 1 aliphatic rings. The Labute approximate surface area is 108 Å². The van der Waals surface area contributed by atoms with Gasteiger partial charge in [-0.25, -0.2) is 9.97 Å². The number of rotatable bonds is 4. The highest BCUT2D eigenvalue weighted by atomic mass is 16.5. The molecule has 1 aliphatic heterocycles. The molecule has 5 nitrogen and oxygen atoms in total. The van der Waals surface area contributed by atoms with Gasteiger partial charge in [-0.3, -0.25) is 0 Å². The fraction of sp³-hybridized carbons (Fsp3) is 0.538. The molecule has 0 unspecified atom stereocenters. The van der Waals surface area contributed by atoms with E-state index < -0.39 is 0 Å². The molecular weight excluding hydrogens is 228 g/mol. The topological polar surface area (TPSA) is 64.3 Å². The van der Waals surface area contributed by atoms with E-state index in [1.807, 2.05) is 13.1 Å². The van der Waals surface area contributed by atoms with Gasteiger partial charge in [-0.15, -0.1) is 0 Å². The minimum Gasteiger partial charge on any atom is -0.380 e. The van der Waals surface area contributed by atoms with Crippen LogP contribution in [0.15, 0.2) is 17.8 Å². The Balaban J connectivity index is 2.07. The second-order valence-corrected chi connectivity index (χ2v) is 4.48. The lowest BCUT2D eigenvalue weighted by Gasteiger charge is -2.26. The van der Waals surface area contributed by atoms with Crippen molar-refractivity contribution in [2.75, 3.05) is 31.7 Å². The summed E-state index contributed by atoms with van der Waals surface area (Å²) in [5.74, 6) is 0.789. The van der Waals surface area contributed by atoms with Gasteiger partial charge in [0, 0.05) is 44.2 Å². The molecule has 0 saturated heterocycles. The third kappa shape index (κ3) is 2.86. The number of nitrogens with zero attached hydrogens (tertiary/aromatic N) is 3. The molecule has 5 heteroatoms. The molecule has 0 bridgehead atoms. The van der Waals surface area contributed by atoms with E-state index in [0.717, 1.165) is 43.3 Å². The molecule has 2 heterocycles. The summed E-state index contributed by atoms with van der Waals surface area (Å²) in [6, 6.07) is 0. The van der Waals surface area contributed by atoms with Crippen LogP contribution in [0.5, 0.6) is 0 Å². The van der Waals surface area contributed by atoms with E-state index in [4.69, 9.17) is 10.5 Å². The smallest absolute Gasteiger partial charge is 0.225 e. The average molecular weight is 248 g/mol. The van der Waals surface area contributed by atoms with Crippen molar-refractivity contribution in [2.45, 2.75) is 19.9 Å². The Morgan fingerprint density at radius 3 is 2.89 bits per heavy atom. The normalized spacial score (nSPS) is 15.7. The van der Waals surface area contributed by atoms with Crippen LogP contribution in [-0.4, -0.2) is 36.8 Å². The van der Waals surface area contributed by atoms with Crippen LogP contribution < -0.4 is 10.6 Å². The van der Waals surface area contributed by atoms with Crippen LogP contribution in [0.3, 0.4) is 0 Å². The summed E-state index contributed by atoms with van der Waals surface area (Å²) in [7, 11) is 1.73. The Hall–Kier alpha value is -1.46. The summed E-state index contributed by atoms with van der Waals surface area (Å²) in [4.78, 5) is 11.1. The minimum absolute atomic E-state index is 0.490. The van der Waals surface area contributed by atoms with Gasteiger partial charge in [-0.2, -0.15) is 0 Å². The number of aromatic nitrogens is 2. The SMILES string of the molecule is COCC1=CCN(c2ncc(CN)c(C)n2)CC1. The van der Waals surface area contributed by atoms with Crippen molar-refractivity contribution in [3.63, 3.8) is 0 Å². The first-order valence-corrected chi connectivity index (χ1v) is 6.19. The summed E-state index contributed by atoms with van der Waals surface area (Å²) in [6.07, 6.45) is 5.03. The van der Waals surface area contributed by atoms with Crippen molar-refractivity contribution in [2.24, 2.45) is 5.73 Å². The predicted octanol–water partition coefficient (Wildman–Crippen LogP) is 1.03. The van der Waals surface area contributed by atoms with Gasteiger partial charge in [0.15, 0.2) is 0 Å². The van der Waals surface area contributed by atoms with Crippen LogP contribution in [0.2, 0.25) is 0 Å². The molecular formula is C13H20N4O. The van der Waals surface area contributed by atoms with Crippen molar-refractivity contribution >= 4 is 5.95 Å². The Kier molecular flexibility index (Phi) is 4.28. The highest BCUT2D eigenvalue weighted by Crippen LogP contribution is 2.17. The number of hydrogen-bond acceptors (Lipinski definition) is 5. The number of hydrogen-bond donors (Lipinski definition) is 1. The van der Waals surface area contributed by atoms with Crippen LogP contribution in [0.4, 0.5) is 5.95 Å². The molecule has 0 saturated carbocycles. The van der Waals surface area contributed by atoms with Gasteiger partial charge in [-0.1, -0.05) is 6.08 Å². The fourth-order valence-electron chi connectivity index (χ4n) is 2.04. The van der Waals surface area contributed by atoms with E-state index >= 15 is 0 Å². The van der Waals surface area contributed by atoms with E-state index in [0.29, 0.717) is 6.54 Å². The monoisotopic (exact) mass is 248 g/mol. The van der Waals surface area contributed by atoms with Crippen LogP contribution in [0, 0.1) is 6.92 Å². The van der Waals surface area contributed by atoms with Crippen molar-refractivity contribution in [3.05, 3.63) is 29.1 Å². The maximum absolute atomic E-state index is 5.61. The number of nitrogens with two attached hydrogens (primary N) is 1. The first-order valence-electron chi connectivity index (χ1n) is 6.19. The first-order chi connectivity index (χ1) is 8.74. The number of aryl methyl sites for hydroxylation is 1. The zero-order chi connectivity index (χ0) is 13.0. The number of methoxy groups -OCH3 is 1. The molecule has 98 valence electrons. The third-order valence-electron chi connectivity index (χ3n) is 3.20. The molecule has 0 aromatic carbocycles. The van der Waals surface area contributed by atoms with E-state index in [-0.39, 0.29) is 0 Å². The average Bonchev–Trinajstić information content (AvgIpc) is 2.40. The van der Waals surface area contributed by atoms with Gasteiger partial charge in [0.1, 0.15) is 0 Å². The van der Waals surface area contributed by atoms with E-state index in [1.165, 1.54) is 5.57 Å². The largest absolute Gasteiger partial charge is 0.380 e. The van der Waals surface area contributed by atoms with Gasteiger partial charge in [0.25, 0.3) is 0 Å². The summed E-state index contributed by atoms with van der Waals surface area (Å²) < 4.78 is 5.14. The minimum atomic E-state index is 0.490. The molecule has 1 aromatic rings. The summed E-state index contributed by atoms with van der Waals surface area (Å²) >= 11 is 0. The Bertz CT molecular complexity index is 445. The van der Waals surface area contributed by atoms with Gasteiger partial charge in [-0.05, 0) is 18.9 Å². The molecule has 1 aromatic heterocycles. The zero-order valence-electron chi connectivity index (χ0n) is 11.0. The molecule has 0 aliphatic carbocycles. The highest BCUT2D eigenvalue weighted by molar-refractivity contribution is 5.36. The first kappa shape index (κ1) is 13.0. The maximum atomic E-state index is 5.61. The molecule has 18 heavy (non-hydrogen) atoms. The standard InChI is InChI=1S/C13H20N4O/c1-10-12(7-14)8-15-13(16-10)17-5-3-11(4-6-17)9-18-2/h3,8H,4-7,9,14H2,1-2H3. The lowest BCUT2D eigenvalue weighted by Crippen LogP contribution is -2.31. The molecule has 0 atom stereocenters. The molecule has 2 rings (SSSR count). The fourth-order valence-corrected chi connectivity index (χ4v) is 2.04. The summed E-state index contributed by atoms with van der Waals surface area (Å²) in [5, 5.41) is 0. The second kappa shape index (κ2) is 5.93. The zero-order valence-corrected chi connectivity index (χ0v) is 11.0. The Morgan fingerprint density at radius 2 is 2.33 bits per heavy atom. The van der Waals surface area contributed by atoms with Crippen LogP contribution in [0.25, 0.3) is 0 Å². The molecule has 2 N–H and O–H groups in total. The summed E-state index contributed by atoms with van der Waals surface area (Å²) in [5.41, 5.74) is 8.94. The van der Waals surface area contributed by atoms with Crippen molar-refractivity contribution in [3.8, 4) is 0 Å². The van der Waals surface area contributed by atoms with Gasteiger partial charge >= 0.3 is 0 Å². The molecule has 0 spiro atoms. The predicted molar refractivity (Wildman–Crippen MR) is 71.4 cm³/mol. The molecule has 0 fully saturated rings. The lowest BCUT2D eigenvalue weighted by atomic mass is 10.1. The van der Waals surface area contributed by atoms with Gasteiger partial charge in [0.2, 0.25) is 5.95 Å². The van der Waals surface area contributed by atoms with E-state index in [2.05, 4.69) is 20.9 Å². The lowest BCUT2D eigenvalue weighted by molar-refractivity contribution is 0.222.